The molecule has 2 aromatic heterocycles. The van der Waals surface area contributed by atoms with Gasteiger partial charge in [0.2, 0.25) is 0 Å². The molecule has 4 heterocycles. The quantitative estimate of drug-likeness (QED) is 0.0456. The molecule has 30 nitrogen and oxygen atoms in total. The van der Waals surface area contributed by atoms with Crippen molar-refractivity contribution < 1.29 is 67.3 Å². The van der Waals surface area contributed by atoms with Gasteiger partial charge >= 0.3 is 64.1 Å². The molecule has 67 heavy (non-hydrogen) atoms. The number of esters is 3. The molecule has 4 amide bonds. The monoisotopic (exact) mass is 960 g/mol. The van der Waals surface area contributed by atoms with Crippen molar-refractivity contribution >= 4 is 30.0 Å². The van der Waals surface area contributed by atoms with E-state index in [9.17, 15) is 57.8 Å². The maximum atomic E-state index is 13.5. The van der Waals surface area contributed by atoms with Crippen LogP contribution in [-0.2, 0) is 86.8 Å². The number of aliphatic hydroxyl groups is 2. The first-order chi connectivity index (χ1) is 32.0. The summed E-state index contributed by atoms with van der Waals surface area (Å²) in [7, 11) is 5.18. The summed E-state index contributed by atoms with van der Waals surface area (Å²) in [6, 6.07) is -1.09. The Labute approximate surface area is 379 Å². The lowest BCUT2D eigenvalue weighted by atomic mass is 10.3. The third-order valence-corrected chi connectivity index (χ3v) is 10.4. The van der Waals surface area contributed by atoms with Gasteiger partial charge in [-0.05, 0) is 6.92 Å². The molecule has 30 heteroatoms. The summed E-state index contributed by atoms with van der Waals surface area (Å²) < 4.78 is 39.6. The zero-order chi connectivity index (χ0) is 49.5. The predicted octanol–water partition coefficient (Wildman–Crippen LogP) is -5.54. The van der Waals surface area contributed by atoms with Gasteiger partial charge in [0.15, 0.2) is 12.3 Å². The Bertz CT molecular complexity index is 2450. The molecule has 3 atom stereocenters. The minimum Gasteiger partial charge on any atom is -0.469 e. The van der Waals surface area contributed by atoms with Gasteiger partial charge in [0, 0.05) is 54.0 Å². The summed E-state index contributed by atoms with van der Waals surface area (Å²) in [5.74, 6) is -2.65. The van der Waals surface area contributed by atoms with E-state index in [4.69, 9.17) is 33.5 Å². The molecule has 374 valence electrons. The van der Waals surface area contributed by atoms with Gasteiger partial charge in [0.25, 0.3) is 0 Å². The number of ether oxygens (including phenoxy) is 7. The number of urea groups is 2. The molecule has 0 spiro atoms. The van der Waals surface area contributed by atoms with Crippen LogP contribution in [0.4, 0.5) is 9.59 Å². The van der Waals surface area contributed by atoms with E-state index in [0.717, 1.165) is 7.11 Å². The van der Waals surface area contributed by atoms with Gasteiger partial charge in [-0.3, -0.25) is 34.0 Å². The van der Waals surface area contributed by atoms with E-state index in [1.807, 2.05) is 0 Å². The summed E-state index contributed by atoms with van der Waals surface area (Å²) >= 11 is 0. The second-order valence-electron chi connectivity index (χ2n) is 14.8. The van der Waals surface area contributed by atoms with Gasteiger partial charge < -0.3 is 43.4 Å². The van der Waals surface area contributed by atoms with Crippen LogP contribution in [0, 0.1) is 0 Å². The highest BCUT2D eigenvalue weighted by Gasteiger charge is 2.59. The molecule has 3 unspecified atom stereocenters. The highest BCUT2D eigenvalue weighted by molar-refractivity contribution is 5.85. The average Bonchev–Trinajstić information content (AvgIpc) is 3.70. The lowest BCUT2D eigenvalue weighted by Gasteiger charge is -2.28. The standard InChI is InChI=1S/C37H56N10O20/c1-24(9-16-48)67-27(52)8-12-40-31(54)38(10-6-25(50)64-5)30(53)39(32(40)55)11-7-26(51)66-19-15-43-34(57)41(13-17-49)33(56)42(35(43)58)14-18-65-23-47-29-28(45(21-62-3)37(47)60)44(20-61-2)36(59)46(29)22-63-4/h24,28-29,48-49H,6-23H2,1-5H3. The van der Waals surface area contributed by atoms with Crippen molar-refractivity contribution in [2.75, 3.05) is 81.8 Å². The summed E-state index contributed by atoms with van der Waals surface area (Å²) in [6.45, 7) is -4.85. The Morgan fingerprint density at radius 1 is 0.493 bits per heavy atom. The number of fused-ring (bicyclic) bond motifs is 1. The van der Waals surface area contributed by atoms with Crippen LogP contribution >= 0.6 is 0 Å². The zero-order valence-electron chi connectivity index (χ0n) is 37.7. The van der Waals surface area contributed by atoms with E-state index in [0.29, 0.717) is 27.4 Å². The first kappa shape index (κ1) is 53.1. The molecule has 2 aromatic rings. The SMILES string of the molecule is COCN1C(=O)N(COC)C2C1N(COC)C(=O)N2COCCn1c(=O)n(CCO)c(=O)n(CCOC(=O)CCn2c(=O)n(CCC(=O)OC)c(=O)n(CCC(=O)OC(C)CCO)c2=O)c1=O. The lowest BCUT2D eigenvalue weighted by Crippen LogP contribution is -2.55. The van der Waals surface area contributed by atoms with E-state index in [1.54, 1.807) is 0 Å². The molecule has 4 rings (SSSR count). The van der Waals surface area contributed by atoms with Crippen molar-refractivity contribution in [3.05, 3.63) is 62.9 Å². The van der Waals surface area contributed by atoms with Gasteiger partial charge in [-0.1, -0.05) is 0 Å². The van der Waals surface area contributed by atoms with Crippen LogP contribution in [0.15, 0.2) is 28.8 Å². The Morgan fingerprint density at radius 3 is 1.27 bits per heavy atom. The molecule has 2 fully saturated rings. The normalized spacial score (nSPS) is 16.2. The Hall–Kier alpha value is -6.47. The third kappa shape index (κ3) is 12.3. The van der Waals surface area contributed by atoms with Gasteiger partial charge in [-0.25, -0.2) is 65.8 Å². The van der Waals surface area contributed by atoms with Crippen molar-refractivity contribution in [1.29, 1.82) is 0 Å². The number of aromatic nitrogens is 6. The largest absolute Gasteiger partial charge is 0.469 e. The van der Waals surface area contributed by atoms with Crippen LogP contribution in [0.3, 0.4) is 0 Å². The van der Waals surface area contributed by atoms with Gasteiger partial charge in [-0.2, -0.15) is 0 Å². The highest BCUT2D eigenvalue weighted by Crippen LogP contribution is 2.34. The summed E-state index contributed by atoms with van der Waals surface area (Å²) in [5, 5.41) is 18.7. The molecular formula is C37H56N10O20. The number of carbonyl (C=O) groups excluding carboxylic acids is 5. The minimum absolute atomic E-state index is 0.131. The number of hydrogen-bond acceptors (Lipinski definition) is 20. The van der Waals surface area contributed by atoms with Crippen molar-refractivity contribution in [3.63, 3.8) is 0 Å². The first-order valence-electron chi connectivity index (χ1n) is 20.7. The number of methoxy groups -OCH3 is 4. The topological polar surface area (TPSA) is 335 Å². The minimum atomic E-state index is -1.20. The van der Waals surface area contributed by atoms with Crippen molar-refractivity contribution in [2.24, 2.45) is 0 Å². The fraction of sp³-hybridized carbons (Fsp3) is 0.703. The Kier molecular flexibility index (Phi) is 19.7. The van der Waals surface area contributed by atoms with E-state index in [2.05, 4.69) is 4.74 Å². The molecule has 0 aromatic carbocycles. The molecule has 2 N–H and O–H groups in total. The van der Waals surface area contributed by atoms with Gasteiger partial charge in [0.05, 0.1) is 59.2 Å². The van der Waals surface area contributed by atoms with Crippen LogP contribution in [0.1, 0.15) is 32.6 Å². The molecule has 0 saturated carbocycles. The third-order valence-electron chi connectivity index (χ3n) is 10.4. The molecule has 2 aliphatic heterocycles. The van der Waals surface area contributed by atoms with Crippen molar-refractivity contribution in [1.82, 2.24) is 47.0 Å². The van der Waals surface area contributed by atoms with Crippen LogP contribution in [0.25, 0.3) is 0 Å². The molecule has 2 aliphatic rings. The highest BCUT2D eigenvalue weighted by atomic mass is 16.5. The zero-order valence-corrected chi connectivity index (χ0v) is 37.7. The van der Waals surface area contributed by atoms with E-state index in [-0.39, 0.29) is 33.2 Å². The van der Waals surface area contributed by atoms with Gasteiger partial charge in [0.1, 0.15) is 39.6 Å². The van der Waals surface area contributed by atoms with E-state index >= 15 is 0 Å². The van der Waals surface area contributed by atoms with Crippen molar-refractivity contribution in [2.45, 2.75) is 90.3 Å². The van der Waals surface area contributed by atoms with Gasteiger partial charge in [-0.15, -0.1) is 0 Å². The number of carbonyl (C=O) groups is 5. The molecular weight excluding hydrogens is 904 g/mol. The summed E-state index contributed by atoms with van der Waals surface area (Å²) in [6.07, 6.45) is -3.96. The lowest BCUT2D eigenvalue weighted by molar-refractivity contribution is -0.149. The molecule has 0 aliphatic carbocycles. The number of rotatable bonds is 28. The second-order valence-corrected chi connectivity index (χ2v) is 14.8. The molecule has 2 saturated heterocycles. The maximum Gasteiger partial charge on any atom is 0.336 e. The van der Waals surface area contributed by atoms with Crippen LogP contribution in [0.2, 0.25) is 0 Å². The maximum absolute atomic E-state index is 13.5. The van der Waals surface area contributed by atoms with E-state index in [1.165, 1.54) is 47.9 Å². The second kappa shape index (κ2) is 24.9. The Morgan fingerprint density at radius 2 is 0.866 bits per heavy atom. The van der Waals surface area contributed by atoms with Crippen molar-refractivity contribution in [3.8, 4) is 0 Å². The number of hydrogen-bond donors (Lipinski definition) is 2. The summed E-state index contributed by atoms with van der Waals surface area (Å²) in [5.41, 5.74) is -6.95. The number of amides is 4. The average molecular weight is 961 g/mol. The number of aliphatic hydroxyl groups excluding tert-OH is 2. The molecule has 0 bridgehead atoms. The first-order valence-corrected chi connectivity index (χ1v) is 20.7. The predicted molar refractivity (Wildman–Crippen MR) is 222 cm³/mol. The fourth-order valence-electron chi connectivity index (χ4n) is 7.20. The van der Waals surface area contributed by atoms with Crippen LogP contribution in [-0.4, -0.2) is 187 Å². The fourth-order valence-corrected chi connectivity index (χ4v) is 7.20. The molecule has 0 radical (unpaired) electrons. The Balaban J connectivity index is 1.47. The number of nitrogens with zero attached hydrogens (tertiary/aromatic N) is 10. The van der Waals surface area contributed by atoms with E-state index < -0.39 is 168 Å². The van der Waals surface area contributed by atoms with Crippen LogP contribution < -0.4 is 34.1 Å². The summed E-state index contributed by atoms with van der Waals surface area (Å²) in [4.78, 5) is 149. The smallest absolute Gasteiger partial charge is 0.336 e. The van der Waals surface area contributed by atoms with Crippen LogP contribution in [0.5, 0.6) is 0 Å².